The highest BCUT2D eigenvalue weighted by Crippen LogP contribution is 2.36. The van der Waals surface area contributed by atoms with Gasteiger partial charge in [0.15, 0.2) is 0 Å². The van der Waals surface area contributed by atoms with Gasteiger partial charge in [-0.3, -0.25) is 9.93 Å². The fraction of sp³-hybridized carbons (Fsp3) is 0.357. The Morgan fingerprint density at radius 3 is 2.75 bits per heavy atom. The molecule has 1 aliphatic carbocycles. The standard InChI is InChI=1S/C14H18ClN3OS/c1-8-3-2-4-11(15)10(8)7-18-14(19)13(20-17)12(16)9-5-6-9/h2-4,9H,5-7,16-17H2,1H3,(H,18,19)/b13-12-. The van der Waals surface area contributed by atoms with Crippen LogP contribution in [0.2, 0.25) is 5.02 Å². The predicted molar refractivity (Wildman–Crippen MR) is 83.8 cm³/mol. The Balaban J connectivity index is 2.06. The van der Waals surface area contributed by atoms with Gasteiger partial charge in [-0.1, -0.05) is 23.7 Å². The fourth-order valence-corrected chi connectivity index (χ4v) is 2.74. The minimum absolute atomic E-state index is 0.235. The maximum Gasteiger partial charge on any atom is 0.261 e. The Morgan fingerprint density at radius 1 is 1.50 bits per heavy atom. The number of nitrogens with one attached hydrogen (secondary N) is 1. The van der Waals surface area contributed by atoms with E-state index >= 15 is 0 Å². The van der Waals surface area contributed by atoms with E-state index in [2.05, 4.69) is 5.32 Å². The van der Waals surface area contributed by atoms with E-state index in [0.29, 0.717) is 28.1 Å². The number of nitrogens with two attached hydrogens (primary N) is 2. The molecule has 0 radical (unpaired) electrons. The zero-order valence-corrected chi connectivity index (χ0v) is 12.9. The summed E-state index contributed by atoms with van der Waals surface area (Å²) < 4.78 is 0. The summed E-state index contributed by atoms with van der Waals surface area (Å²) in [5.74, 6) is 0.0788. The molecule has 20 heavy (non-hydrogen) atoms. The van der Waals surface area contributed by atoms with E-state index in [9.17, 15) is 4.79 Å². The summed E-state index contributed by atoms with van der Waals surface area (Å²) in [5.41, 5.74) is 8.51. The Kier molecular flexibility index (Phi) is 4.96. The van der Waals surface area contributed by atoms with Crippen LogP contribution in [-0.2, 0) is 11.3 Å². The van der Waals surface area contributed by atoms with E-state index < -0.39 is 0 Å². The van der Waals surface area contributed by atoms with Crippen LogP contribution < -0.4 is 16.2 Å². The highest BCUT2D eigenvalue weighted by atomic mass is 35.5. The molecule has 1 amide bonds. The molecule has 1 saturated carbocycles. The summed E-state index contributed by atoms with van der Waals surface area (Å²) in [6.07, 6.45) is 2.07. The molecule has 0 bridgehead atoms. The maximum atomic E-state index is 12.2. The van der Waals surface area contributed by atoms with Crippen molar-refractivity contribution in [3.05, 3.63) is 45.0 Å². The lowest BCUT2D eigenvalue weighted by molar-refractivity contribution is -0.117. The van der Waals surface area contributed by atoms with Gasteiger partial charge in [-0.15, -0.1) is 0 Å². The van der Waals surface area contributed by atoms with Crippen LogP contribution in [0.5, 0.6) is 0 Å². The number of allylic oxidation sites excluding steroid dienone is 1. The molecule has 108 valence electrons. The number of hydrogen-bond acceptors (Lipinski definition) is 4. The van der Waals surface area contributed by atoms with E-state index in [1.165, 1.54) is 0 Å². The molecule has 0 aliphatic heterocycles. The van der Waals surface area contributed by atoms with Gasteiger partial charge < -0.3 is 11.1 Å². The van der Waals surface area contributed by atoms with Crippen LogP contribution in [0, 0.1) is 12.8 Å². The number of halogens is 1. The molecule has 0 saturated heterocycles. The van der Waals surface area contributed by atoms with Crippen molar-refractivity contribution in [2.24, 2.45) is 16.8 Å². The molecule has 0 aromatic heterocycles. The van der Waals surface area contributed by atoms with Gasteiger partial charge in [-0.2, -0.15) is 0 Å². The number of carbonyl (C=O) groups excluding carboxylic acids is 1. The molecule has 1 aliphatic rings. The van der Waals surface area contributed by atoms with Crippen LogP contribution in [0.15, 0.2) is 28.8 Å². The predicted octanol–water partition coefficient (Wildman–Crippen LogP) is 2.45. The molecule has 5 N–H and O–H groups in total. The molecule has 4 nitrogen and oxygen atoms in total. The van der Waals surface area contributed by atoms with E-state index in [-0.39, 0.29) is 5.91 Å². The first kappa shape index (κ1) is 15.2. The summed E-state index contributed by atoms with van der Waals surface area (Å²) >= 11 is 7.04. The second-order valence-corrected chi connectivity index (χ2v) is 5.95. The third-order valence-electron chi connectivity index (χ3n) is 3.38. The van der Waals surface area contributed by atoms with Gasteiger partial charge in [0.25, 0.3) is 5.91 Å². The first-order valence-electron chi connectivity index (χ1n) is 6.43. The third-order valence-corrected chi connectivity index (χ3v) is 4.39. The summed E-state index contributed by atoms with van der Waals surface area (Å²) in [6, 6.07) is 5.65. The number of benzene rings is 1. The Hall–Kier alpha value is -1.17. The van der Waals surface area contributed by atoms with Crippen LogP contribution in [-0.4, -0.2) is 5.91 Å². The van der Waals surface area contributed by atoms with E-state index in [0.717, 1.165) is 35.9 Å². The van der Waals surface area contributed by atoms with Gasteiger partial charge in [0, 0.05) is 17.3 Å². The van der Waals surface area contributed by atoms with Crippen LogP contribution in [0.25, 0.3) is 0 Å². The first-order chi connectivity index (χ1) is 9.54. The average Bonchev–Trinajstić information content (AvgIpc) is 3.23. The monoisotopic (exact) mass is 311 g/mol. The second-order valence-electron chi connectivity index (χ2n) is 4.89. The van der Waals surface area contributed by atoms with Crippen LogP contribution >= 0.6 is 23.5 Å². The van der Waals surface area contributed by atoms with Crippen LogP contribution in [0.3, 0.4) is 0 Å². The van der Waals surface area contributed by atoms with Gasteiger partial charge in [-0.25, -0.2) is 0 Å². The minimum Gasteiger partial charge on any atom is -0.401 e. The molecule has 1 aromatic carbocycles. The van der Waals surface area contributed by atoms with E-state index in [1.807, 2.05) is 25.1 Å². The fourth-order valence-electron chi connectivity index (χ4n) is 1.97. The quantitative estimate of drug-likeness (QED) is 0.576. The molecule has 0 spiro atoms. The number of rotatable bonds is 5. The van der Waals surface area contributed by atoms with Crippen molar-refractivity contribution in [2.75, 3.05) is 0 Å². The molecular weight excluding hydrogens is 294 g/mol. The highest BCUT2D eigenvalue weighted by Gasteiger charge is 2.28. The molecule has 0 unspecified atom stereocenters. The molecule has 1 fully saturated rings. The van der Waals surface area contributed by atoms with Crippen molar-refractivity contribution in [2.45, 2.75) is 26.3 Å². The molecular formula is C14H18ClN3OS. The summed E-state index contributed by atoms with van der Waals surface area (Å²) in [4.78, 5) is 12.6. The van der Waals surface area contributed by atoms with E-state index in [1.54, 1.807) is 0 Å². The van der Waals surface area contributed by atoms with Crippen LogP contribution in [0.4, 0.5) is 0 Å². The van der Waals surface area contributed by atoms with Crippen molar-refractivity contribution < 1.29 is 4.79 Å². The highest BCUT2D eigenvalue weighted by molar-refractivity contribution is 8.01. The minimum atomic E-state index is -0.235. The Labute approximate surface area is 128 Å². The zero-order valence-electron chi connectivity index (χ0n) is 11.3. The molecule has 6 heteroatoms. The topological polar surface area (TPSA) is 81.1 Å². The van der Waals surface area contributed by atoms with E-state index in [4.69, 9.17) is 22.5 Å². The number of amides is 1. The van der Waals surface area contributed by atoms with Crippen molar-refractivity contribution in [1.82, 2.24) is 5.32 Å². The van der Waals surface area contributed by atoms with Crippen molar-refractivity contribution in [3.8, 4) is 0 Å². The Bertz CT molecular complexity index is 535. The van der Waals surface area contributed by atoms with Gasteiger partial charge in [-0.05, 0) is 54.8 Å². The third kappa shape index (κ3) is 3.48. The molecule has 0 atom stereocenters. The normalized spacial score (nSPS) is 15.8. The largest absolute Gasteiger partial charge is 0.401 e. The smallest absolute Gasteiger partial charge is 0.261 e. The van der Waals surface area contributed by atoms with Gasteiger partial charge in [0.2, 0.25) is 0 Å². The number of carbonyl (C=O) groups is 1. The summed E-state index contributed by atoms with van der Waals surface area (Å²) in [7, 11) is 0. The van der Waals surface area contributed by atoms with Crippen molar-refractivity contribution >= 4 is 29.5 Å². The van der Waals surface area contributed by atoms with Gasteiger partial charge in [0.05, 0.1) is 0 Å². The maximum absolute atomic E-state index is 12.2. The first-order valence-corrected chi connectivity index (χ1v) is 7.69. The van der Waals surface area contributed by atoms with Gasteiger partial charge >= 0.3 is 0 Å². The van der Waals surface area contributed by atoms with Crippen LogP contribution in [0.1, 0.15) is 24.0 Å². The summed E-state index contributed by atoms with van der Waals surface area (Å²) in [5, 5.41) is 9.04. The zero-order chi connectivity index (χ0) is 14.7. The summed E-state index contributed by atoms with van der Waals surface area (Å²) in [6.45, 7) is 2.33. The molecule has 0 heterocycles. The molecule has 1 aromatic rings. The number of hydrogen-bond donors (Lipinski definition) is 3. The van der Waals surface area contributed by atoms with Crippen molar-refractivity contribution in [1.29, 1.82) is 0 Å². The Morgan fingerprint density at radius 2 is 2.20 bits per heavy atom. The second kappa shape index (κ2) is 6.52. The van der Waals surface area contributed by atoms with Gasteiger partial charge in [0.1, 0.15) is 4.91 Å². The average molecular weight is 312 g/mol. The lowest BCUT2D eigenvalue weighted by atomic mass is 10.1. The lowest BCUT2D eigenvalue weighted by Gasteiger charge is -2.12. The number of aryl methyl sites for hydroxylation is 1. The lowest BCUT2D eigenvalue weighted by Crippen LogP contribution is -2.27. The molecule has 2 rings (SSSR count). The van der Waals surface area contributed by atoms with Crippen molar-refractivity contribution in [3.63, 3.8) is 0 Å². The SMILES string of the molecule is Cc1cccc(Cl)c1CNC(=O)/C(SN)=C(/N)C1CC1.